The van der Waals surface area contributed by atoms with Crippen molar-refractivity contribution in [1.29, 1.82) is 0 Å². The highest BCUT2D eigenvalue weighted by atomic mass is 16.5. The Labute approximate surface area is 138 Å². The molecule has 0 rings (SSSR count). The summed E-state index contributed by atoms with van der Waals surface area (Å²) in [6, 6.07) is 0. The van der Waals surface area contributed by atoms with E-state index in [0.29, 0.717) is 0 Å². The van der Waals surface area contributed by atoms with E-state index in [1.807, 2.05) is 0 Å². The van der Waals surface area contributed by atoms with Gasteiger partial charge in [-0.15, -0.1) is 0 Å². The molecule has 0 aromatic heterocycles. The number of ether oxygens (including phenoxy) is 3. The van der Waals surface area contributed by atoms with Crippen LogP contribution in [0.5, 0.6) is 0 Å². The van der Waals surface area contributed by atoms with Crippen LogP contribution in [0.4, 0.5) is 0 Å². The summed E-state index contributed by atoms with van der Waals surface area (Å²) >= 11 is 0. The molecule has 0 spiro atoms. The first-order chi connectivity index (χ1) is 10.4. The Morgan fingerprint density at radius 2 is 1.32 bits per heavy atom. The molecule has 0 atom stereocenters. The predicted octanol–water partition coefficient (Wildman–Crippen LogP) is 5.00. The molecule has 0 aromatic rings. The molecular formula is C19H38O3. The van der Waals surface area contributed by atoms with Crippen molar-refractivity contribution >= 4 is 0 Å². The maximum absolute atomic E-state index is 5.63. The summed E-state index contributed by atoms with van der Waals surface area (Å²) in [7, 11) is 0. The third-order valence-corrected chi connectivity index (χ3v) is 3.06. The minimum absolute atomic E-state index is 0.0421. The van der Waals surface area contributed by atoms with E-state index in [9.17, 15) is 0 Å². The van der Waals surface area contributed by atoms with Gasteiger partial charge in [-0.05, 0) is 58.8 Å². The quantitative estimate of drug-likeness (QED) is 0.334. The molecule has 0 saturated carbocycles. The fourth-order valence-corrected chi connectivity index (χ4v) is 1.88. The predicted molar refractivity (Wildman–Crippen MR) is 94.4 cm³/mol. The van der Waals surface area contributed by atoms with Crippen LogP contribution in [0.3, 0.4) is 0 Å². The minimum Gasteiger partial charge on any atom is -0.381 e. The molecule has 0 fully saturated rings. The molecule has 3 heteroatoms. The zero-order valence-corrected chi connectivity index (χ0v) is 15.5. The van der Waals surface area contributed by atoms with Crippen LogP contribution in [0.2, 0.25) is 0 Å². The molecule has 0 aliphatic rings. The highest BCUT2D eigenvalue weighted by Gasteiger charge is 2.08. The van der Waals surface area contributed by atoms with Crippen molar-refractivity contribution in [1.82, 2.24) is 0 Å². The lowest BCUT2D eigenvalue weighted by Crippen LogP contribution is -2.20. The summed E-state index contributed by atoms with van der Waals surface area (Å²) in [6.45, 7) is 14.8. The van der Waals surface area contributed by atoms with Gasteiger partial charge in [0, 0.05) is 19.8 Å². The lowest BCUT2D eigenvalue weighted by molar-refractivity contribution is -0.0136. The Hall–Kier alpha value is -0.380. The lowest BCUT2D eigenvalue weighted by atomic mass is 10.1. The zero-order chi connectivity index (χ0) is 16.7. The van der Waals surface area contributed by atoms with Gasteiger partial charge < -0.3 is 14.2 Å². The summed E-state index contributed by atoms with van der Waals surface area (Å²) in [4.78, 5) is 0. The van der Waals surface area contributed by atoms with Gasteiger partial charge in [0.2, 0.25) is 0 Å². The van der Waals surface area contributed by atoms with Crippen LogP contribution in [0.25, 0.3) is 0 Å². The van der Waals surface area contributed by atoms with Gasteiger partial charge in [0.05, 0.1) is 18.8 Å². The van der Waals surface area contributed by atoms with Gasteiger partial charge in [-0.1, -0.05) is 26.0 Å². The monoisotopic (exact) mass is 314 g/mol. The lowest BCUT2D eigenvalue weighted by Gasteiger charge is -2.19. The molecule has 0 bridgehead atoms. The third-order valence-electron chi connectivity index (χ3n) is 3.06. The first-order valence-corrected chi connectivity index (χ1v) is 8.86. The van der Waals surface area contributed by atoms with Gasteiger partial charge in [-0.2, -0.15) is 0 Å². The van der Waals surface area contributed by atoms with Crippen LogP contribution in [0.1, 0.15) is 66.7 Å². The van der Waals surface area contributed by atoms with Crippen molar-refractivity contribution in [3.05, 3.63) is 12.2 Å². The largest absolute Gasteiger partial charge is 0.381 e. The van der Waals surface area contributed by atoms with Crippen molar-refractivity contribution < 1.29 is 14.2 Å². The van der Waals surface area contributed by atoms with Crippen molar-refractivity contribution in [3.63, 3.8) is 0 Å². The van der Waals surface area contributed by atoms with Crippen LogP contribution in [0.15, 0.2) is 12.2 Å². The Morgan fingerprint density at radius 1 is 0.773 bits per heavy atom. The van der Waals surface area contributed by atoms with E-state index in [2.05, 4.69) is 46.8 Å². The van der Waals surface area contributed by atoms with Crippen molar-refractivity contribution in [3.8, 4) is 0 Å². The Kier molecular flexibility index (Phi) is 14.0. The second-order valence-corrected chi connectivity index (χ2v) is 7.12. The third kappa shape index (κ3) is 19.6. The second-order valence-electron chi connectivity index (χ2n) is 7.12. The first kappa shape index (κ1) is 21.6. The topological polar surface area (TPSA) is 27.7 Å². The van der Waals surface area contributed by atoms with Gasteiger partial charge in [0.1, 0.15) is 0 Å². The average molecular weight is 315 g/mol. The molecule has 0 amide bonds. The molecule has 0 unspecified atom stereocenters. The van der Waals surface area contributed by atoms with E-state index in [1.54, 1.807) is 0 Å². The summed E-state index contributed by atoms with van der Waals surface area (Å²) in [5.74, 6) is 0.781. The highest BCUT2D eigenvalue weighted by Crippen LogP contribution is 2.06. The average Bonchev–Trinajstić information content (AvgIpc) is 2.41. The summed E-state index contributed by atoms with van der Waals surface area (Å²) < 4.78 is 16.8. The van der Waals surface area contributed by atoms with Gasteiger partial charge in [0.25, 0.3) is 0 Å². The minimum atomic E-state index is -0.0421. The molecule has 0 heterocycles. The van der Waals surface area contributed by atoms with Crippen LogP contribution in [-0.2, 0) is 14.2 Å². The van der Waals surface area contributed by atoms with Crippen LogP contribution >= 0.6 is 0 Å². The van der Waals surface area contributed by atoms with Gasteiger partial charge in [-0.3, -0.25) is 0 Å². The number of hydrogen-bond donors (Lipinski definition) is 0. The summed E-state index contributed by atoms with van der Waals surface area (Å²) in [5.41, 5.74) is -0.0421. The molecule has 0 aliphatic heterocycles. The normalized spacial score (nSPS) is 12.6. The van der Waals surface area contributed by atoms with Crippen molar-refractivity contribution in [2.24, 2.45) is 5.92 Å². The number of hydrogen-bond acceptors (Lipinski definition) is 3. The fraction of sp³-hybridized carbons (Fsp3) is 0.895. The van der Waals surface area contributed by atoms with Crippen LogP contribution < -0.4 is 0 Å². The van der Waals surface area contributed by atoms with Crippen molar-refractivity contribution in [2.75, 3.05) is 33.0 Å². The standard InChI is InChI=1S/C19H38O3/c1-18(2)12-10-15-20-13-8-6-7-9-14-21-16-11-17-22-19(3,4)5/h6-7,18H,8-17H2,1-5H3/b7-6-. The van der Waals surface area contributed by atoms with E-state index < -0.39 is 0 Å². The molecule has 0 N–H and O–H groups in total. The SMILES string of the molecule is CC(C)CCCOCC/C=C\CCOCCCOC(C)(C)C. The zero-order valence-electron chi connectivity index (χ0n) is 15.5. The molecule has 0 saturated heterocycles. The maximum Gasteiger partial charge on any atom is 0.0598 e. The van der Waals surface area contributed by atoms with Gasteiger partial charge >= 0.3 is 0 Å². The molecule has 0 aromatic carbocycles. The number of rotatable bonds is 14. The Balaban J connectivity index is 3.15. The fourth-order valence-electron chi connectivity index (χ4n) is 1.88. The first-order valence-electron chi connectivity index (χ1n) is 8.86. The van der Waals surface area contributed by atoms with E-state index in [1.165, 1.54) is 12.8 Å². The second kappa shape index (κ2) is 14.2. The van der Waals surface area contributed by atoms with E-state index in [-0.39, 0.29) is 5.60 Å². The van der Waals surface area contributed by atoms with Gasteiger partial charge in [-0.25, -0.2) is 0 Å². The summed E-state index contributed by atoms with van der Waals surface area (Å²) in [6.07, 6.45) is 9.75. The summed E-state index contributed by atoms with van der Waals surface area (Å²) in [5, 5.41) is 0. The maximum atomic E-state index is 5.63. The van der Waals surface area contributed by atoms with Crippen molar-refractivity contribution in [2.45, 2.75) is 72.3 Å². The Morgan fingerprint density at radius 3 is 1.82 bits per heavy atom. The molecule has 132 valence electrons. The molecule has 0 aliphatic carbocycles. The molecule has 22 heavy (non-hydrogen) atoms. The van der Waals surface area contributed by atoms with E-state index >= 15 is 0 Å². The molecular weight excluding hydrogens is 276 g/mol. The molecule has 3 nitrogen and oxygen atoms in total. The van der Waals surface area contributed by atoms with Crippen LogP contribution in [0, 0.1) is 5.92 Å². The van der Waals surface area contributed by atoms with Gasteiger partial charge in [0.15, 0.2) is 0 Å². The van der Waals surface area contributed by atoms with E-state index in [4.69, 9.17) is 14.2 Å². The van der Waals surface area contributed by atoms with Crippen LogP contribution in [-0.4, -0.2) is 38.6 Å². The smallest absolute Gasteiger partial charge is 0.0598 e. The Bertz CT molecular complexity index is 254. The highest BCUT2D eigenvalue weighted by molar-refractivity contribution is 4.81. The molecule has 0 radical (unpaired) electrons. The van der Waals surface area contributed by atoms with E-state index in [0.717, 1.165) is 58.2 Å².